The smallest absolute Gasteiger partial charge is 0.137 e. The van der Waals surface area contributed by atoms with E-state index in [1.165, 1.54) is 0 Å². The van der Waals surface area contributed by atoms with E-state index in [4.69, 9.17) is 16.3 Å². The summed E-state index contributed by atoms with van der Waals surface area (Å²) in [4.78, 5) is 0. The lowest BCUT2D eigenvalue weighted by molar-refractivity contribution is 0.285. The summed E-state index contributed by atoms with van der Waals surface area (Å²) < 4.78 is 5.67. The summed E-state index contributed by atoms with van der Waals surface area (Å²) in [7, 11) is 0. The van der Waals surface area contributed by atoms with Gasteiger partial charge in [-0.25, -0.2) is 0 Å². The molecule has 2 aromatic carbocycles. The van der Waals surface area contributed by atoms with E-state index in [0.717, 1.165) is 5.56 Å². The zero-order chi connectivity index (χ0) is 14.4. The predicted molar refractivity (Wildman–Crippen MR) is 81.0 cm³/mol. The highest BCUT2D eigenvalue weighted by Gasteiger charge is 2.26. The molecule has 0 aromatic heterocycles. The van der Waals surface area contributed by atoms with Crippen molar-refractivity contribution in [3.05, 3.63) is 65.2 Å². The minimum absolute atomic E-state index is 0.447. The molecule has 2 nitrogen and oxygen atoms in total. The van der Waals surface area contributed by atoms with Crippen molar-refractivity contribution in [2.45, 2.75) is 18.8 Å². The number of ether oxygens (including phenoxy) is 1. The van der Waals surface area contributed by atoms with E-state index >= 15 is 0 Å². The standard InChI is InChI=1S/C17H16ClNO/c1-17(13-19,14-7-3-2-4-8-14)11-12-20-16-10-6-5-9-15(16)18/h2-10H,11-12H2,1H3. The van der Waals surface area contributed by atoms with Crippen LogP contribution in [0, 0.1) is 11.3 Å². The molecule has 0 aliphatic rings. The van der Waals surface area contributed by atoms with Gasteiger partial charge in [-0.1, -0.05) is 54.1 Å². The molecule has 20 heavy (non-hydrogen) atoms. The Kier molecular flexibility index (Phi) is 4.65. The van der Waals surface area contributed by atoms with Crippen molar-refractivity contribution >= 4 is 11.6 Å². The molecule has 2 aromatic rings. The summed E-state index contributed by atoms with van der Waals surface area (Å²) in [6.45, 7) is 2.38. The quantitative estimate of drug-likeness (QED) is 0.805. The molecule has 0 bridgehead atoms. The zero-order valence-electron chi connectivity index (χ0n) is 11.3. The third kappa shape index (κ3) is 3.31. The Hall–Kier alpha value is -1.98. The van der Waals surface area contributed by atoms with Crippen LogP contribution in [0.1, 0.15) is 18.9 Å². The molecule has 0 aliphatic carbocycles. The average Bonchev–Trinajstić information content (AvgIpc) is 2.50. The number of para-hydroxylation sites is 1. The normalized spacial score (nSPS) is 13.2. The summed E-state index contributed by atoms with van der Waals surface area (Å²) in [5, 5.41) is 10.0. The van der Waals surface area contributed by atoms with Crippen LogP contribution in [0.25, 0.3) is 0 Å². The number of nitriles is 1. The van der Waals surface area contributed by atoms with Crippen molar-refractivity contribution in [1.29, 1.82) is 5.26 Å². The van der Waals surface area contributed by atoms with Crippen LogP contribution in [0.3, 0.4) is 0 Å². The molecule has 2 rings (SSSR count). The van der Waals surface area contributed by atoms with Gasteiger partial charge in [-0.3, -0.25) is 0 Å². The first-order valence-corrected chi connectivity index (χ1v) is 6.87. The van der Waals surface area contributed by atoms with Crippen molar-refractivity contribution in [3.63, 3.8) is 0 Å². The van der Waals surface area contributed by atoms with Gasteiger partial charge in [-0.2, -0.15) is 5.26 Å². The minimum Gasteiger partial charge on any atom is -0.492 e. The van der Waals surface area contributed by atoms with Crippen LogP contribution >= 0.6 is 11.6 Å². The maximum Gasteiger partial charge on any atom is 0.137 e. The molecule has 0 heterocycles. The molecule has 0 fully saturated rings. The lowest BCUT2D eigenvalue weighted by Crippen LogP contribution is -2.22. The molecule has 0 radical (unpaired) electrons. The second-order valence-corrected chi connectivity index (χ2v) is 5.25. The van der Waals surface area contributed by atoms with Crippen molar-refractivity contribution in [2.24, 2.45) is 0 Å². The summed E-state index contributed by atoms with van der Waals surface area (Å²) in [6, 6.07) is 19.5. The van der Waals surface area contributed by atoms with Crippen LogP contribution < -0.4 is 4.74 Å². The highest BCUT2D eigenvalue weighted by atomic mass is 35.5. The van der Waals surface area contributed by atoms with Gasteiger partial charge in [0.2, 0.25) is 0 Å². The molecular weight excluding hydrogens is 270 g/mol. The van der Waals surface area contributed by atoms with Crippen molar-refractivity contribution in [1.82, 2.24) is 0 Å². The topological polar surface area (TPSA) is 33.0 Å². The SMILES string of the molecule is CC(C#N)(CCOc1ccccc1Cl)c1ccccc1. The number of rotatable bonds is 5. The third-order valence-corrected chi connectivity index (χ3v) is 3.67. The van der Waals surface area contributed by atoms with Crippen LogP contribution in [-0.2, 0) is 5.41 Å². The number of benzene rings is 2. The van der Waals surface area contributed by atoms with E-state index in [2.05, 4.69) is 6.07 Å². The molecule has 3 heteroatoms. The molecular formula is C17H16ClNO. The number of hydrogen-bond donors (Lipinski definition) is 0. The number of halogens is 1. The van der Waals surface area contributed by atoms with Gasteiger partial charge in [-0.15, -0.1) is 0 Å². The van der Waals surface area contributed by atoms with Crippen LogP contribution in [-0.4, -0.2) is 6.61 Å². The Morgan fingerprint density at radius 1 is 1.10 bits per heavy atom. The van der Waals surface area contributed by atoms with Crippen molar-refractivity contribution in [2.75, 3.05) is 6.61 Å². The first-order valence-electron chi connectivity index (χ1n) is 6.50. The minimum atomic E-state index is -0.553. The Morgan fingerprint density at radius 2 is 1.75 bits per heavy atom. The molecule has 1 unspecified atom stereocenters. The highest BCUT2D eigenvalue weighted by molar-refractivity contribution is 6.32. The number of nitrogens with zero attached hydrogens (tertiary/aromatic N) is 1. The summed E-state index contributed by atoms with van der Waals surface area (Å²) in [5.41, 5.74) is 0.452. The maximum absolute atomic E-state index is 9.46. The van der Waals surface area contributed by atoms with Gasteiger partial charge in [0.1, 0.15) is 5.75 Å². The fraction of sp³-hybridized carbons (Fsp3) is 0.235. The van der Waals surface area contributed by atoms with Crippen LogP contribution in [0.5, 0.6) is 5.75 Å². The third-order valence-electron chi connectivity index (χ3n) is 3.35. The van der Waals surface area contributed by atoms with Gasteiger partial charge in [0, 0.05) is 6.42 Å². The summed E-state index contributed by atoms with van der Waals surface area (Å²) in [5.74, 6) is 0.655. The lowest BCUT2D eigenvalue weighted by Gasteiger charge is -2.22. The van der Waals surface area contributed by atoms with Gasteiger partial charge in [0.25, 0.3) is 0 Å². The predicted octanol–water partition coefficient (Wildman–Crippen LogP) is 4.59. The van der Waals surface area contributed by atoms with Gasteiger partial charge in [-0.05, 0) is 24.6 Å². The van der Waals surface area contributed by atoms with Gasteiger partial charge in [0.05, 0.1) is 23.1 Å². The summed E-state index contributed by atoms with van der Waals surface area (Å²) >= 11 is 6.04. The van der Waals surface area contributed by atoms with Crippen LogP contribution in [0.2, 0.25) is 5.02 Å². The zero-order valence-corrected chi connectivity index (χ0v) is 12.1. The van der Waals surface area contributed by atoms with Crippen molar-refractivity contribution in [3.8, 4) is 11.8 Å². The van der Waals surface area contributed by atoms with E-state index in [1.807, 2.05) is 55.5 Å². The average molecular weight is 286 g/mol. The second kappa shape index (κ2) is 6.45. The lowest BCUT2D eigenvalue weighted by atomic mass is 9.81. The molecule has 1 atom stereocenters. The molecule has 0 N–H and O–H groups in total. The van der Waals surface area contributed by atoms with Crippen molar-refractivity contribution < 1.29 is 4.74 Å². The van der Waals surface area contributed by atoms with Crippen LogP contribution in [0.15, 0.2) is 54.6 Å². The van der Waals surface area contributed by atoms with Gasteiger partial charge in [0.15, 0.2) is 0 Å². The Bertz CT molecular complexity index is 606. The second-order valence-electron chi connectivity index (χ2n) is 4.84. The molecule has 0 saturated heterocycles. The highest BCUT2D eigenvalue weighted by Crippen LogP contribution is 2.28. The molecule has 0 amide bonds. The monoisotopic (exact) mass is 285 g/mol. The largest absolute Gasteiger partial charge is 0.492 e. The van der Waals surface area contributed by atoms with E-state index < -0.39 is 5.41 Å². The maximum atomic E-state index is 9.46. The number of hydrogen-bond acceptors (Lipinski definition) is 2. The first-order chi connectivity index (χ1) is 9.65. The van der Waals surface area contributed by atoms with E-state index in [-0.39, 0.29) is 0 Å². The fourth-order valence-electron chi connectivity index (χ4n) is 2.00. The Morgan fingerprint density at radius 3 is 2.40 bits per heavy atom. The van der Waals surface area contributed by atoms with Gasteiger partial charge < -0.3 is 4.74 Å². The molecule has 0 aliphatic heterocycles. The molecule has 0 saturated carbocycles. The Labute approximate surface area is 124 Å². The Balaban J connectivity index is 2.02. The fourth-order valence-corrected chi connectivity index (χ4v) is 2.19. The molecule has 102 valence electrons. The van der Waals surface area contributed by atoms with Crippen LogP contribution in [0.4, 0.5) is 0 Å². The van der Waals surface area contributed by atoms with Gasteiger partial charge >= 0.3 is 0 Å². The van der Waals surface area contributed by atoms with E-state index in [0.29, 0.717) is 23.8 Å². The van der Waals surface area contributed by atoms with E-state index in [9.17, 15) is 5.26 Å². The summed E-state index contributed by atoms with van der Waals surface area (Å²) in [6.07, 6.45) is 0.610. The molecule has 0 spiro atoms. The van der Waals surface area contributed by atoms with E-state index in [1.54, 1.807) is 6.07 Å². The first kappa shape index (κ1) is 14.4.